The number of para-hydroxylation sites is 1. The largest absolute Gasteiger partial charge is 0.307 e. The minimum atomic E-state index is 0.880. The van der Waals surface area contributed by atoms with Crippen LogP contribution in [0.5, 0.6) is 0 Å². The van der Waals surface area contributed by atoms with Gasteiger partial charge in [0.1, 0.15) is 19.0 Å². The van der Waals surface area contributed by atoms with E-state index in [4.69, 9.17) is 4.79 Å². The van der Waals surface area contributed by atoms with Crippen LogP contribution in [0.2, 0.25) is 0 Å². The zero-order valence-electron chi connectivity index (χ0n) is 11.0. The molecule has 0 heterocycles. The number of carbonyl (C=O) groups excluding carboxylic acids is 1. The Balaban J connectivity index is 0.000000771. The lowest BCUT2D eigenvalue weighted by atomic mass is 10.2. The highest BCUT2D eigenvalue weighted by atomic mass is 16.1. The predicted molar refractivity (Wildman–Crippen MR) is 77.4 cm³/mol. The molecule has 0 aliphatic heterocycles. The third-order valence-electron chi connectivity index (χ3n) is 2.88. The summed E-state index contributed by atoms with van der Waals surface area (Å²) >= 11 is 0. The number of hydrogen-bond acceptors (Lipinski definition) is 1. The third-order valence-corrected chi connectivity index (χ3v) is 2.88. The Hall–Kier alpha value is -1.93. The van der Waals surface area contributed by atoms with E-state index in [0.29, 0.717) is 0 Å². The Bertz CT molecular complexity index is 451. The van der Waals surface area contributed by atoms with Gasteiger partial charge in [0.25, 0.3) is 0 Å². The number of nitrogens with zero attached hydrogens (tertiary/aromatic N) is 1. The molecule has 2 heteroatoms. The van der Waals surface area contributed by atoms with E-state index in [9.17, 15) is 0 Å². The Kier molecular flexibility index (Phi) is 5.28. The van der Waals surface area contributed by atoms with Crippen LogP contribution in [0.4, 0.5) is 5.69 Å². The maximum Gasteiger partial charge on any atom is 0.132 e. The van der Waals surface area contributed by atoms with E-state index >= 15 is 0 Å². The first kappa shape index (κ1) is 14.1. The fraction of sp³-hybridized carbons (Fsp3) is 0.188. The van der Waals surface area contributed by atoms with Gasteiger partial charge in [0.2, 0.25) is 0 Å². The van der Waals surface area contributed by atoms with Gasteiger partial charge in [-0.25, -0.2) is 0 Å². The van der Waals surface area contributed by atoms with Crippen molar-refractivity contribution in [2.24, 2.45) is 0 Å². The highest BCUT2D eigenvalue weighted by molar-refractivity contribution is 5.41. The molecule has 0 radical (unpaired) electrons. The van der Waals surface area contributed by atoms with E-state index in [2.05, 4.69) is 74.8 Å². The summed E-state index contributed by atoms with van der Waals surface area (Å²) in [5.41, 5.74) is 2.71. The van der Waals surface area contributed by atoms with Crippen molar-refractivity contribution in [3.05, 3.63) is 66.2 Å². The van der Waals surface area contributed by atoms with Crippen molar-refractivity contribution in [2.45, 2.75) is 6.54 Å². The van der Waals surface area contributed by atoms with Crippen LogP contribution >= 0.6 is 0 Å². The van der Waals surface area contributed by atoms with Gasteiger partial charge in [0.15, 0.2) is 0 Å². The zero-order valence-corrected chi connectivity index (χ0v) is 11.0. The van der Waals surface area contributed by atoms with E-state index in [-0.39, 0.29) is 0 Å². The van der Waals surface area contributed by atoms with Gasteiger partial charge < -0.3 is 4.79 Å². The number of quaternary nitrogens is 1. The molecule has 0 spiro atoms. The second-order valence-corrected chi connectivity index (χ2v) is 4.66. The Morgan fingerprint density at radius 2 is 1.28 bits per heavy atom. The van der Waals surface area contributed by atoms with E-state index in [1.165, 1.54) is 11.3 Å². The number of hydrogen-bond donors (Lipinski definition) is 0. The molecule has 0 aromatic heterocycles. The summed E-state index contributed by atoms with van der Waals surface area (Å²) in [6.45, 7) is 3.02. The van der Waals surface area contributed by atoms with E-state index in [1.54, 1.807) is 0 Å². The molecule has 94 valence electrons. The number of rotatable bonds is 3. The average molecular weight is 242 g/mol. The highest BCUT2D eigenvalue weighted by Gasteiger charge is 2.18. The first-order valence-electron chi connectivity index (χ1n) is 5.90. The van der Waals surface area contributed by atoms with Crippen LogP contribution < -0.4 is 4.48 Å². The molecule has 0 aliphatic rings. The summed E-state index contributed by atoms with van der Waals surface area (Å²) in [6, 6.07) is 21.2. The maximum absolute atomic E-state index is 8.00. The fourth-order valence-electron chi connectivity index (χ4n) is 1.96. The van der Waals surface area contributed by atoms with E-state index < -0.39 is 0 Å². The first-order chi connectivity index (χ1) is 8.68. The summed E-state index contributed by atoms with van der Waals surface area (Å²) in [5.74, 6) is 0. The summed E-state index contributed by atoms with van der Waals surface area (Å²) < 4.78 is 0.880. The quantitative estimate of drug-likeness (QED) is 0.755. The summed E-state index contributed by atoms with van der Waals surface area (Å²) in [6.07, 6.45) is 0. The van der Waals surface area contributed by atoms with Crippen molar-refractivity contribution in [3.8, 4) is 0 Å². The molecule has 0 saturated carbocycles. The Morgan fingerprint density at radius 1 is 0.833 bits per heavy atom. The monoisotopic (exact) mass is 242 g/mol. The zero-order chi connectivity index (χ0) is 13.4. The van der Waals surface area contributed by atoms with Crippen LogP contribution in [0.15, 0.2) is 60.7 Å². The van der Waals surface area contributed by atoms with Gasteiger partial charge in [0.05, 0.1) is 14.1 Å². The lowest BCUT2D eigenvalue weighted by Gasteiger charge is -2.29. The fourth-order valence-corrected chi connectivity index (χ4v) is 1.96. The molecule has 0 amide bonds. The van der Waals surface area contributed by atoms with Gasteiger partial charge in [-0.15, -0.1) is 0 Å². The molecule has 2 aromatic carbocycles. The third kappa shape index (κ3) is 3.82. The van der Waals surface area contributed by atoms with Crippen molar-refractivity contribution in [1.29, 1.82) is 0 Å². The number of benzene rings is 2. The summed E-state index contributed by atoms with van der Waals surface area (Å²) in [7, 11) is 4.48. The second-order valence-electron chi connectivity index (χ2n) is 4.66. The summed E-state index contributed by atoms with van der Waals surface area (Å²) in [4.78, 5) is 8.00. The molecular weight excluding hydrogens is 222 g/mol. The van der Waals surface area contributed by atoms with Gasteiger partial charge in [-0.05, 0) is 12.1 Å². The van der Waals surface area contributed by atoms with Gasteiger partial charge in [-0.1, -0.05) is 48.5 Å². The van der Waals surface area contributed by atoms with Crippen molar-refractivity contribution < 1.29 is 4.79 Å². The van der Waals surface area contributed by atoms with Crippen LogP contribution in [0.25, 0.3) is 0 Å². The molecule has 2 aromatic rings. The smallest absolute Gasteiger partial charge is 0.132 e. The van der Waals surface area contributed by atoms with Crippen LogP contribution in [0, 0.1) is 0 Å². The molecule has 2 nitrogen and oxygen atoms in total. The number of carbonyl (C=O) groups is 1. The van der Waals surface area contributed by atoms with E-state index in [0.717, 1.165) is 11.0 Å². The lowest BCUT2D eigenvalue weighted by Crippen LogP contribution is -2.39. The average Bonchev–Trinajstić information content (AvgIpc) is 2.43. The van der Waals surface area contributed by atoms with Gasteiger partial charge in [0, 0.05) is 5.56 Å². The van der Waals surface area contributed by atoms with Crippen LogP contribution in [0.1, 0.15) is 5.56 Å². The standard InChI is InChI=1S/C15H18N.CH2O/c1-16(2,15-11-7-4-8-12-15)13-14-9-5-3-6-10-14;1-2/h3-12H,13H2,1-2H3;1H2/q+1;. The highest BCUT2D eigenvalue weighted by Crippen LogP contribution is 2.21. The molecule has 0 aliphatic carbocycles. The molecule has 18 heavy (non-hydrogen) atoms. The molecule has 0 bridgehead atoms. The van der Waals surface area contributed by atoms with Crippen LogP contribution in [-0.4, -0.2) is 20.9 Å². The van der Waals surface area contributed by atoms with Crippen molar-refractivity contribution >= 4 is 12.5 Å². The predicted octanol–water partition coefficient (Wildman–Crippen LogP) is 3.27. The molecule has 0 atom stereocenters. The SMILES string of the molecule is C=O.C[N+](C)(Cc1ccccc1)c1ccccc1. The molecule has 2 rings (SSSR count). The van der Waals surface area contributed by atoms with Crippen molar-refractivity contribution in [3.63, 3.8) is 0 Å². The topological polar surface area (TPSA) is 17.1 Å². The van der Waals surface area contributed by atoms with Gasteiger partial charge in [-0.2, -0.15) is 0 Å². The molecule has 0 unspecified atom stereocenters. The second kappa shape index (κ2) is 6.72. The summed E-state index contributed by atoms with van der Waals surface area (Å²) in [5, 5.41) is 0. The molecule has 0 fully saturated rings. The van der Waals surface area contributed by atoms with Gasteiger partial charge in [-0.3, -0.25) is 4.48 Å². The Morgan fingerprint density at radius 3 is 1.78 bits per heavy atom. The minimum Gasteiger partial charge on any atom is -0.307 e. The Labute approximate surface area is 109 Å². The van der Waals surface area contributed by atoms with Crippen molar-refractivity contribution in [1.82, 2.24) is 4.48 Å². The first-order valence-corrected chi connectivity index (χ1v) is 5.90. The van der Waals surface area contributed by atoms with Crippen LogP contribution in [-0.2, 0) is 11.3 Å². The molecular formula is C16H20NO+. The lowest BCUT2D eigenvalue weighted by molar-refractivity contribution is -0.0979. The normalized spacial score (nSPS) is 10.3. The molecule has 0 N–H and O–H groups in total. The van der Waals surface area contributed by atoms with Crippen LogP contribution in [0.3, 0.4) is 0 Å². The molecule has 0 saturated heterocycles. The maximum atomic E-state index is 8.00. The van der Waals surface area contributed by atoms with Gasteiger partial charge >= 0.3 is 0 Å². The van der Waals surface area contributed by atoms with Crippen molar-refractivity contribution in [2.75, 3.05) is 14.1 Å². The van der Waals surface area contributed by atoms with E-state index in [1.807, 2.05) is 6.79 Å². The minimum absolute atomic E-state index is 0.880.